The Kier molecular flexibility index (Phi) is 8.34. The first kappa shape index (κ1) is 31.1. The molecule has 0 aliphatic heterocycles. The van der Waals surface area contributed by atoms with E-state index in [4.69, 9.17) is 4.55 Å². The third kappa shape index (κ3) is 5.25. The second kappa shape index (κ2) is 10.7. The molecular formula is C27H36F4O8S. The summed E-state index contributed by atoms with van der Waals surface area (Å²) in [5, 5.41) is -5.73. The van der Waals surface area contributed by atoms with Gasteiger partial charge in [-0.25, -0.2) is 0 Å². The summed E-state index contributed by atoms with van der Waals surface area (Å²) in [5.74, 6) is -6.10. The standard InChI is InChI=1S/C27H36F4O8S/c1-14(3-8-23(35)39-10-9-26(28,29)27(30,31)40(36,37)38)19-6-7-20-24-18(13-22(34)25(19,20)2)17-5-4-16(32)11-15(17)12-21(24)33/h14-15,17-20,24H,3-13H2,1-2H3,(H,36,37,38). The zero-order chi connectivity index (χ0) is 29.8. The first-order chi connectivity index (χ1) is 18.4. The molecular weight excluding hydrogens is 560 g/mol. The minimum atomic E-state index is -6.37. The van der Waals surface area contributed by atoms with Crippen molar-refractivity contribution in [3.63, 3.8) is 0 Å². The second-order valence-electron chi connectivity index (χ2n) is 12.4. The van der Waals surface area contributed by atoms with Crippen molar-refractivity contribution in [3.05, 3.63) is 0 Å². The van der Waals surface area contributed by atoms with Gasteiger partial charge in [0, 0.05) is 43.4 Å². The molecule has 0 radical (unpaired) electrons. The van der Waals surface area contributed by atoms with E-state index in [1.54, 1.807) is 0 Å². The van der Waals surface area contributed by atoms with Crippen LogP contribution in [0.25, 0.3) is 0 Å². The number of alkyl halides is 4. The summed E-state index contributed by atoms with van der Waals surface area (Å²) in [5.41, 5.74) is -0.749. The number of fused-ring (bicyclic) bond motifs is 5. The fourth-order valence-electron chi connectivity index (χ4n) is 8.35. The molecule has 8 atom stereocenters. The zero-order valence-electron chi connectivity index (χ0n) is 22.5. The van der Waals surface area contributed by atoms with E-state index in [0.717, 1.165) is 6.42 Å². The molecule has 226 valence electrons. The molecule has 1 N–H and O–H groups in total. The molecule has 0 aromatic rings. The highest BCUT2D eigenvalue weighted by molar-refractivity contribution is 7.87. The summed E-state index contributed by atoms with van der Waals surface area (Å²) in [6.07, 6.45) is 1.88. The van der Waals surface area contributed by atoms with Crippen molar-refractivity contribution in [2.45, 2.75) is 89.2 Å². The number of hydrogen-bond acceptors (Lipinski definition) is 7. The predicted molar refractivity (Wildman–Crippen MR) is 132 cm³/mol. The average molecular weight is 597 g/mol. The second-order valence-corrected chi connectivity index (χ2v) is 13.9. The molecule has 4 fully saturated rings. The van der Waals surface area contributed by atoms with Gasteiger partial charge in [-0.2, -0.15) is 26.0 Å². The first-order valence-electron chi connectivity index (χ1n) is 13.9. The van der Waals surface area contributed by atoms with Gasteiger partial charge in [-0.3, -0.25) is 23.7 Å². The van der Waals surface area contributed by atoms with Crippen LogP contribution in [0.3, 0.4) is 0 Å². The van der Waals surface area contributed by atoms with Gasteiger partial charge in [-0.1, -0.05) is 13.8 Å². The first-order valence-corrected chi connectivity index (χ1v) is 15.3. The number of rotatable bonds is 9. The van der Waals surface area contributed by atoms with Crippen LogP contribution in [0.4, 0.5) is 17.6 Å². The predicted octanol–water partition coefficient (Wildman–Crippen LogP) is 4.65. The van der Waals surface area contributed by atoms with E-state index in [2.05, 4.69) is 4.74 Å². The molecule has 13 heteroatoms. The van der Waals surface area contributed by atoms with Crippen LogP contribution < -0.4 is 0 Å². The minimum absolute atomic E-state index is 0.0218. The lowest BCUT2D eigenvalue weighted by Crippen LogP contribution is -2.56. The van der Waals surface area contributed by atoms with Gasteiger partial charge in [0.25, 0.3) is 0 Å². The maximum absolute atomic E-state index is 13.7. The Labute approximate surface area is 230 Å². The largest absolute Gasteiger partial charge is 0.465 e. The van der Waals surface area contributed by atoms with E-state index in [9.17, 15) is 45.2 Å². The molecule has 0 aromatic heterocycles. The number of halogens is 4. The van der Waals surface area contributed by atoms with Gasteiger partial charge in [-0.05, 0) is 61.2 Å². The number of carbonyl (C=O) groups excluding carboxylic acids is 4. The van der Waals surface area contributed by atoms with Gasteiger partial charge >= 0.3 is 27.3 Å². The van der Waals surface area contributed by atoms with Crippen LogP contribution in [0.5, 0.6) is 0 Å². The molecule has 0 saturated heterocycles. The normalized spacial score (nSPS) is 35.5. The molecule has 0 heterocycles. The monoisotopic (exact) mass is 596 g/mol. The third-order valence-corrected chi connectivity index (χ3v) is 11.3. The topological polar surface area (TPSA) is 132 Å². The molecule has 0 bridgehead atoms. The molecule has 4 aliphatic rings. The number of esters is 1. The fourth-order valence-corrected chi connectivity index (χ4v) is 8.83. The lowest BCUT2D eigenvalue weighted by molar-refractivity contribution is -0.174. The van der Waals surface area contributed by atoms with Crippen molar-refractivity contribution in [2.75, 3.05) is 6.61 Å². The van der Waals surface area contributed by atoms with E-state index in [1.807, 2.05) is 13.8 Å². The number of carbonyl (C=O) groups is 4. The van der Waals surface area contributed by atoms with Gasteiger partial charge < -0.3 is 4.74 Å². The molecule has 8 unspecified atom stereocenters. The van der Waals surface area contributed by atoms with E-state index >= 15 is 0 Å². The van der Waals surface area contributed by atoms with Gasteiger partial charge in [0.1, 0.15) is 17.3 Å². The molecule has 4 rings (SSSR count). The molecule has 0 spiro atoms. The summed E-state index contributed by atoms with van der Waals surface area (Å²) >= 11 is 0. The highest BCUT2D eigenvalue weighted by Gasteiger charge is 2.66. The Hall–Kier alpha value is -1.89. The van der Waals surface area contributed by atoms with Crippen LogP contribution in [0, 0.1) is 46.8 Å². The van der Waals surface area contributed by atoms with Crippen LogP contribution in [0.1, 0.15) is 78.1 Å². The van der Waals surface area contributed by atoms with Crippen LogP contribution in [-0.2, 0) is 34.0 Å². The van der Waals surface area contributed by atoms with Crippen molar-refractivity contribution in [1.29, 1.82) is 0 Å². The van der Waals surface area contributed by atoms with Crippen molar-refractivity contribution in [1.82, 2.24) is 0 Å². The minimum Gasteiger partial charge on any atom is -0.465 e. The molecule has 8 nitrogen and oxygen atoms in total. The van der Waals surface area contributed by atoms with Gasteiger partial charge in [0.15, 0.2) is 0 Å². The average Bonchev–Trinajstić information content (AvgIpc) is 3.20. The lowest BCUT2D eigenvalue weighted by atomic mass is 9.48. The summed E-state index contributed by atoms with van der Waals surface area (Å²) in [6, 6.07) is 0. The fraction of sp³-hybridized carbons (Fsp3) is 0.852. The van der Waals surface area contributed by atoms with E-state index in [0.29, 0.717) is 38.5 Å². The summed E-state index contributed by atoms with van der Waals surface area (Å²) in [6.45, 7) is 2.60. The number of ketones is 3. The SMILES string of the molecule is CC(CCC(=O)OCCC(F)(F)C(F)(F)S(=O)(=O)O)C1CCC2C3C(=O)CC4CC(=O)CCC4C3CC(=O)C12C. The maximum Gasteiger partial charge on any atom is 0.431 e. The number of Topliss-reactive ketones (excluding diaryl/α,β-unsaturated/α-hetero) is 3. The Morgan fingerprint density at radius 3 is 2.40 bits per heavy atom. The third-order valence-electron chi connectivity index (χ3n) is 10.4. The smallest absolute Gasteiger partial charge is 0.431 e. The molecule has 0 aromatic carbocycles. The Morgan fingerprint density at radius 2 is 1.75 bits per heavy atom. The Balaban J connectivity index is 1.34. The lowest BCUT2D eigenvalue weighted by Gasteiger charge is -2.54. The van der Waals surface area contributed by atoms with E-state index in [-0.39, 0.29) is 71.6 Å². The van der Waals surface area contributed by atoms with Crippen molar-refractivity contribution < 1.29 is 54.4 Å². The molecule has 40 heavy (non-hydrogen) atoms. The molecule has 0 amide bonds. The summed E-state index contributed by atoms with van der Waals surface area (Å²) < 4.78 is 88.0. The van der Waals surface area contributed by atoms with Crippen LogP contribution in [0.15, 0.2) is 0 Å². The Morgan fingerprint density at radius 1 is 1.07 bits per heavy atom. The summed E-state index contributed by atoms with van der Waals surface area (Å²) in [7, 11) is -6.37. The maximum atomic E-state index is 13.7. The Bertz CT molecular complexity index is 1170. The van der Waals surface area contributed by atoms with Gasteiger partial charge in [0.05, 0.1) is 13.0 Å². The van der Waals surface area contributed by atoms with Gasteiger partial charge in [-0.15, -0.1) is 0 Å². The van der Waals surface area contributed by atoms with E-state index < -0.39 is 45.7 Å². The van der Waals surface area contributed by atoms with Crippen LogP contribution in [-0.4, -0.2) is 54.1 Å². The number of ether oxygens (including phenoxy) is 1. The highest BCUT2D eigenvalue weighted by Crippen LogP contribution is 2.63. The van der Waals surface area contributed by atoms with Crippen molar-refractivity contribution in [3.8, 4) is 0 Å². The zero-order valence-corrected chi connectivity index (χ0v) is 23.4. The van der Waals surface area contributed by atoms with Crippen LogP contribution in [0.2, 0.25) is 0 Å². The molecule has 4 saturated carbocycles. The van der Waals surface area contributed by atoms with E-state index in [1.165, 1.54) is 0 Å². The summed E-state index contributed by atoms with van der Waals surface area (Å²) in [4.78, 5) is 51.1. The van der Waals surface area contributed by atoms with Crippen molar-refractivity contribution in [2.24, 2.45) is 46.8 Å². The highest BCUT2D eigenvalue weighted by atomic mass is 32.2. The quantitative estimate of drug-likeness (QED) is 0.231. The molecule has 4 aliphatic carbocycles. The van der Waals surface area contributed by atoms with Gasteiger partial charge in [0.2, 0.25) is 0 Å². The number of hydrogen-bond donors (Lipinski definition) is 1. The van der Waals surface area contributed by atoms with Crippen molar-refractivity contribution >= 4 is 33.4 Å². The van der Waals surface area contributed by atoms with Crippen LogP contribution >= 0.6 is 0 Å².